The molecule has 0 atom stereocenters. The van der Waals surface area contributed by atoms with Gasteiger partial charge in [0, 0.05) is 33.7 Å². The van der Waals surface area contributed by atoms with Crippen molar-refractivity contribution >= 4 is 83.5 Å². The molecular formula is C37H35Br2Cl2N4O2+. The van der Waals surface area contributed by atoms with Crippen LogP contribution in [-0.4, -0.2) is 30.9 Å². The lowest BCUT2D eigenvalue weighted by molar-refractivity contribution is -0.674. The van der Waals surface area contributed by atoms with E-state index in [1.807, 2.05) is 72.8 Å². The molecule has 1 aliphatic heterocycles. The number of fused-ring (bicyclic) bond motifs is 2. The molecule has 2 heterocycles. The Morgan fingerprint density at radius 2 is 1.36 bits per heavy atom. The molecule has 10 heteroatoms. The summed E-state index contributed by atoms with van der Waals surface area (Å²) in [6.07, 6.45) is 6.45. The van der Waals surface area contributed by atoms with Crippen LogP contribution in [0, 0.1) is 0 Å². The van der Waals surface area contributed by atoms with Gasteiger partial charge in [-0.2, -0.15) is 0 Å². The zero-order chi connectivity index (χ0) is 32.9. The molecule has 1 aliphatic rings. The molecule has 1 aromatic heterocycles. The first kappa shape index (κ1) is 33.5. The van der Waals surface area contributed by atoms with Crippen LogP contribution in [0.4, 0.5) is 11.4 Å². The van der Waals surface area contributed by atoms with Crippen molar-refractivity contribution in [3.8, 4) is 11.5 Å². The normalized spacial score (nSPS) is 13.7. The Labute approximate surface area is 302 Å². The molecular weight excluding hydrogens is 763 g/mol. The fourth-order valence-corrected chi connectivity index (χ4v) is 6.94. The van der Waals surface area contributed by atoms with E-state index in [1.54, 1.807) is 0 Å². The van der Waals surface area contributed by atoms with Crippen LogP contribution in [-0.2, 0) is 13.1 Å². The molecule has 0 fully saturated rings. The van der Waals surface area contributed by atoms with Gasteiger partial charge in [0.15, 0.2) is 11.0 Å². The average molecular weight is 798 g/mol. The summed E-state index contributed by atoms with van der Waals surface area (Å²) in [6.45, 7) is 8.21. The highest BCUT2D eigenvalue weighted by atomic mass is 79.9. The van der Waals surface area contributed by atoms with Crippen LogP contribution in [0.1, 0.15) is 19.7 Å². The van der Waals surface area contributed by atoms with Gasteiger partial charge >= 0.3 is 0 Å². The van der Waals surface area contributed by atoms with E-state index >= 15 is 0 Å². The third-order valence-electron chi connectivity index (χ3n) is 8.08. The minimum Gasteiger partial charge on any atom is -0.492 e. The number of aromatic nitrogens is 2. The van der Waals surface area contributed by atoms with E-state index in [1.165, 1.54) is 0 Å². The standard InChI is InChI=1S/C37H35Br2Cl2N4O2/c1-3-42-32-22-28(38)30(40)24-34(32)44(18-20-46-26-12-7-5-8-13-26)36(42)16-11-17-37-43(4-2)33-23-29(39)31(41)25-35(33)45(37)19-21-47-27-14-9-6-10-15-27/h5-17,22-25H,3-4,18-21H2,1-2H3/q+1. The fraction of sp³-hybridized carbons (Fsp3) is 0.216. The molecule has 6 nitrogen and oxygen atoms in total. The molecule has 0 radical (unpaired) electrons. The number of benzene rings is 4. The van der Waals surface area contributed by atoms with Crippen LogP contribution >= 0.6 is 55.1 Å². The lowest BCUT2D eigenvalue weighted by Gasteiger charge is -2.24. The molecule has 0 saturated carbocycles. The Bertz CT molecular complexity index is 1930. The summed E-state index contributed by atoms with van der Waals surface area (Å²) in [7, 11) is 0. The summed E-state index contributed by atoms with van der Waals surface area (Å²) in [5, 5.41) is 1.34. The Hall–Kier alpha value is -3.43. The largest absolute Gasteiger partial charge is 0.492 e. The third kappa shape index (κ3) is 7.21. The Kier molecular flexibility index (Phi) is 10.8. The van der Waals surface area contributed by atoms with E-state index < -0.39 is 0 Å². The van der Waals surface area contributed by atoms with Gasteiger partial charge in [0.25, 0.3) is 5.82 Å². The van der Waals surface area contributed by atoms with Gasteiger partial charge < -0.3 is 19.3 Å². The molecule has 0 aliphatic carbocycles. The molecule has 47 heavy (non-hydrogen) atoms. The average Bonchev–Trinajstić information content (AvgIpc) is 3.52. The van der Waals surface area contributed by atoms with Crippen LogP contribution in [0.15, 0.2) is 112 Å². The Morgan fingerprint density at radius 1 is 0.745 bits per heavy atom. The number of allylic oxidation sites excluding steroid dienone is 2. The van der Waals surface area contributed by atoms with E-state index in [9.17, 15) is 0 Å². The lowest BCUT2D eigenvalue weighted by Crippen LogP contribution is -2.39. The zero-order valence-electron chi connectivity index (χ0n) is 26.2. The third-order valence-corrected chi connectivity index (χ3v) is 10.5. The fourth-order valence-electron chi connectivity index (χ4n) is 5.96. The van der Waals surface area contributed by atoms with Crippen molar-refractivity contribution in [2.24, 2.45) is 0 Å². The summed E-state index contributed by atoms with van der Waals surface area (Å²) < 4.78 is 18.5. The van der Waals surface area contributed by atoms with Crippen molar-refractivity contribution in [3.05, 3.63) is 128 Å². The molecule has 0 N–H and O–H groups in total. The summed E-state index contributed by atoms with van der Waals surface area (Å²) in [5.41, 5.74) is 4.29. The molecule has 0 unspecified atom stereocenters. The number of rotatable bonds is 12. The van der Waals surface area contributed by atoms with Crippen LogP contribution in [0.5, 0.6) is 11.5 Å². The summed E-state index contributed by atoms with van der Waals surface area (Å²) in [4.78, 5) is 4.58. The van der Waals surface area contributed by atoms with Crippen molar-refractivity contribution in [2.75, 3.05) is 36.1 Å². The second-order valence-corrected chi connectivity index (χ2v) is 13.4. The van der Waals surface area contributed by atoms with Gasteiger partial charge in [-0.05, 0) is 88.2 Å². The van der Waals surface area contributed by atoms with Gasteiger partial charge in [-0.15, -0.1) is 0 Å². The molecule has 0 saturated heterocycles. The number of aryl methyl sites for hydroxylation is 1. The van der Waals surface area contributed by atoms with Crippen molar-refractivity contribution in [1.29, 1.82) is 0 Å². The molecule has 242 valence electrons. The highest BCUT2D eigenvalue weighted by Crippen LogP contribution is 2.45. The number of anilines is 2. The number of imidazole rings is 1. The monoisotopic (exact) mass is 795 g/mol. The van der Waals surface area contributed by atoms with Crippen LogP contribution in [0.25, 0.3) is 17.1 Å². The molecule has 4 aromatic carbocycles. The Morgan fingerprint density at radius 3 is 2.02 bits per heavy atom. The molecule has 0 spiro atoms. The maximum atomic E-state index is 6.62. The molecule has 0 bridgehead atoms. The SMILES string of the molecule is CCN1/C(=C\C=C\c2n(CC)c3cc(Br)c(Cl)cc3[n+]2CCOc2ccccc2)N(CCOc2ccccc2)c2cc(Cl)c(Br)cc21. The number of ether oxygens (including phenoxy) is 2. The number of hydrogen-bond acceptors (Lipinski definition) is 4. The number of hydrogen-bond donors (Lipinski definition) is 0. The van der Waals surface area contributed by atoms with Gasteiger partial charge in [-0.3, -0.25) is 0 Å². The minimum atomic E-state index is 0.511. The maximum Gasteiger partial charge on any atom is 0.282 e. The van der Waals surface area contributed by atoms with Gasteiger partial charge in [-0.25, -0.2) is 9.13 Å². The molecule has 5 aromatic rings. The zero-order valence-corrected chi connectivity index (χ0v) is 30.9. The second kappa shape index (κ2) is 15.2. The molecule has 6 rings (SSSR count). The van der Waals surface area contributed by atoms with Crippen molar-refractivity contribution < 1.29 is 14.0 Å². The van der Waals surface area contributed by atoms with E-state index in [4.69, 9.17) is 32.7 Å². The first-order chi connectivity index (χ1) is 22.9. The highest BCUT2D eigenvalue weighted by molar-refractivity contribution is 9.10. The predicted octanol–water partition coefficient (Wildman–Crippen LogP) is 10.1. The topological polar surface area (TPSA) is 33.8 Å². The van der Waals surface area contributed by atoms with E-state index in [0.29, 0.717) is 36.3 Å². The van der Waals surface area contributed by atoms with Crippen LogP contribution < -0.4 is 23.8 Å². The minimum absolute atomic E-state index is 0.511. The highest BCUT2D eigenvalue weighted by Gasteiger charge is 2.31. The first-order valence-electron chi connectivity index (χ1n) is 15.6. The van der Waals surface area contributed by atoms with Crippen LogP contribution in [0.2, 0.25) is 10.0 Å². The van der Waals surface area contributed by atoms with Gasteiger partial charge in [0.1, 0.15) is 37.1 Å². The van der Waals surface area contributed by atoms with E-state index in [-0.39, 0.29) is 0 Å². The van der Waals surface area contributed by atoms with Crippen LogP contribution in [0.3, 0.4) is 0 Å². The van der Waals surface area contributed by atoms with E-state index in [2.05, 4.69) is 95.0 Å². The number of halogens is 4. The van der Waals surface area contributed by atoms with Gasteiger partial charge in [-0.1, -0.05) is 65.7 Å². The van der Waals surface area contributed by atoms with Crippen molar-refractivity contribution in [2.45, 2.75) is 26.9 Å². The van der Waals surface area contributed by atoms with Gasteiger partial charge in [0.2, 0.25) is 0 Å². The summed E-state index contributed by atoms with van der Waals surface area (Å²) in [6, 6.07) is 28.0. The number of nitrogens with zero attached hydrogens (tertiary/aromatic N) is 4. The summed E-state index contributed by atoms with van der Waals surface area (Å²) in [5.74, 6) is 3.79. The maximum absolute atomic E-state index is 6.62. The Balaban J connectivity index is 1.36. The molecule has 0 amide bonds. The first-order valence-corrected chi connectivity index (χ1v) is 17.9. The predicted molar refractivity (Wildman–Crippen MR) is 201 cm³/mol. The lowest BCUT2D eigenvalue weighted by atomic mass is 10.2. The quantitative estimate of drug-likeness (QED) is 0.118. The van der Waals surface area contributed by atoms with Crippen molar-refractivity contribution in [1.82, 2.24) is 4.57 Å². The summed E-state index contributed by atoms with van der Waals surface area (Å²) >= 11 is 20.5. The second-order valence-electron chi connectivity index (χ2n) is 10.9. The van der Waals surface area contributed by atoms with Gasteiger partial charge in [0.05, 0.1) is 34.5 Å². The smallest absolute Gasteiger partial charge is 0.282 e. The van der Waals surface area contributed by atoms with E-state index in [0.717, 1.165) is 67.6 Å². The van der Waals surface area contributed by atoms with Crippen molar-refractivity contribution in [3.63, 3.8) is 0 Å². The number of para-hydroxylation sites is 2.